The number of nitrogens with one attached hydrogen (secondary N) is 1. The third kappa shape index (κ3) is 5.63. The van der Waals surface area contributed by atoms with E-state index in [1.807, 2.05) is 13.8 Å². The molecule has 0 spiro atoms. The van der Waals surface area contributed by atoms with E-state index in [2.05, 4.69) is 10.3 Å². The van der Waals surface area contributed by atoms with E-state index in [9.17, 15) is 18.7 Å². The predicted molar refractivity (Wildman–Crippen MR) is 73.5 cm³/mol. The number of pyridine rings is 1. The molecule has 1 heterocycles. The van der Waals surface area contributed by atoms with Crippen molar-refractivity contribution in [1.82, 2.24) is 10.3 Å². The van der Waals surface area contributed by atoms with E-state index in [0.29, 0.717) is 0 Å². The summed E-state index contributed by atoms with van der Waals surface area (Å²) in [7, 11) is 0. The number of aliphatic hydroxyl groups is 1. The van der Waals surface area contributed by atoms with Gasteiger partial charge in [0.25, 0.3) is 12.3 Å². The summed E-state index contributed by atoms with van der Waals surface area (Å²) in [6.45, 7) is 3.06. The highest BCUT2D eigenvalue weighted by molar-refractivity contribution is 5.96. The summed E-state index contributed by atoms with van der Waals surface area (Å²) in [5.41, 5.74) is 0.0644. The molecule has 5 nitrogen and oxygen atoms in total. The molecule has 1 aromatic heterocycles. The number of aliphatic hydroxyl groups excluding tert-OH is 1. The summed E-state index contributed by atoms with van der Waals surface area (Å²) in [5.74, 6) is -0.614. The summed E-state index contributed by atoms with van der Waals surface area (Å²) in [5, 5.41) is 12.3. The van der Waals surface area contributed by atoms with Crippen molar-refractivity contribution in [3.05, 3.63) is 23.9 Å². The van der Waals surface area contributed by atoms with Gasteiger partial charge in [0.15, 0.2) is 6.61 Å². The lowest BCUT2D eigenvalue weighted by Gasteiger charge is -2.18. The minimum absolute atomic E-state index is 0.0498. The fourth-order valence-corrected chi connectivity index (χ4v) is 1.59. The van der Waals surface area contributed by atoms with E-state index in [4.69, 9.17) is 4.74 Å². The average molecular weight is 302 g/mol. The van der Waals surface area contributed by atoms with Gasteiger partial charge in [-0.25, -0.2) is 13.8 Å². The summed E-state index contributed by atoms with van der Waals surface area (Å²) in [6, 6.07) is 2.94. The second-order valence-corrected chi connectivity index (χ2v) is 4.72. The molecule has 1 rings (SSSR count). The summed E-state index contributed by atoms with van der Waals surface area (Å²) >= 11 is 0. The van der Waals surface area contributed by atoms with Gasteiger partial charge in [-0.3, -0.25) is 4.79 Å². The van der Waals surface area contributed by atoms with Gasteiger partial charge in [-0.2, -0.15) is 0 Å². The molecule has 0 bridgehead atoms. The first-order chi connectivity index (χ1) is 9.95. The molecule has 0 radical (unpaired) electrons. The lowest BCUT2D eigenvalue weighted by molar-refractivity contribution is 0.0757. The molecule has 0 aliphatic carbocycles. The number of halogens is 2. The quantitative estimate of drug-likeness (QED) is 0.769. The van der Waals surface area contributed by atoms with Gasteiger partial charge in [-0.1, -0.05) is 20.3 Å². The maximum absolute atomic E-state index is 12.1. The van der Waals surface area contributed by atoms with Gasteiger partial charge < -0.3 is 15.2 Å². The second kappa shape index (κ2) is 8.51. The van der Waals surface area contributed by atoms with Gasteiger partial charge in [0.1, 0.15) is 5.56 Å². The van der Waals surface area contributed by atoms with Gasteiger partial charge in [0.05, 0.1) is 6.10 Å². The maximum Gasteiger partial charge on any atom is 0.272 e. The highest BCUT2D eigenvalue weighted by atomic mass is 19.3. The number of ether oxygens (including phenoxy) is 1. The zero-order valence-corrected chi connectivity index (χ0v) is 12.1. The Bertz CT molecular complexity index is 458. The van der Waals surface area contributed by atoms with Gasteiger partial charge in [-0.15, -0.1) is 0 Å². The third-order valence-corrected chi connectivity index (χ3v) is 3.13. The number of aromatic nitrogens is 1. The van der Waals surface area contributed by atoms with Crippen molar-refractivity contribution in [2.24, 2.45) is 5.92 Å². The Morgan fingerprint density at radius 2 is 2.24 bits per heavy atom. The maximum atomic E-state index is 12.1. The molecule has 0 saturated carbocycles. The van der Waals surface area contributed by atoms with Crippen LogP contribution in [-0.4, -0.2) is 41.7 Å². The van der Waals surface area contributed by atoms with Crippen LogP contribution in [0.5, 0.6) is 5.88 Å². The lowest BCUT2D eigenvalue weighted by atomic mass is 10.0. The highest BCUT2D eigenvalue weighted by Gasteiger charge is 2.18. The smallest absolute Gasteiger partial charge is 0.272 e. The Kier molecular flexibility index (Phi) is 7.01. The van der Waals surface area contributed by atoms with Gasteiger partial charge >= 0.3 is 0 Å². The molecular formula is C14H20F2N2O3. The first kappa shape index (κ1) is 17.3. The minimum atomic E-state index is -2.64. The molecular weight excluding hydrogens is 282 g/mol. The molecule has 0 aliphatic heterocycles. The Morgan fingerprint density at radius 1 is 1.52 bits per heavy atom. The van der Waals surface area contributed by atoms with Crippen molar-refractivity contribution in [2.45, 2.75) is 32.8 Å². The fraction of sp³-hybridized carbons (Fsp3) is 0.571. The van der Waals surface area contributed by atoms with E-state index >= 15 is 0 Å². The van der Waals surface area contributed by atoms with Gasteiger partial charge in [-0.05, 0) is 18.1 Å². The van der Waals surface area contributed by atoms with E-state index in [0.717, 1.165) is 6.42 Å². The fourth-order valence-electron chi connectivity index (χ4n) is 1.59. The van der Waals surface area contributed by atoms with Crippen LogP contribution in [0.1, 0.15) is 30.6 Å². The van der Waals surface area contributed by atoms with Crippen LogP contribution in [0.4, 0.5) is 8.78 Å². The number of hydrogen-bond donors (Lipinski definition) is 2. The van der Waals surface area contributed by atoms with Crippen LogP contribution in [0.3, 0.4) is 0 Å². The molecule has 1 amide bonds. The van der Waals surface area contributed by atoms with Crippen molar-refractivity contribution < 1.29 is 23.4 Å². The molecule has 2 unspecified atom stereocenters. The Labute approximate surface area is 122 Å². The molecule has 2 N–H and O–H groups in total. The number of amides is 1. The standard InChI is InChI=1S/C14H20F2N2O3/c1-3-9(2)11(19)7-18-13(20)10-5-4-6-17-14(10)21-8-12(15)16/h4-6,9,11-12,19H,3,7-8H2,1-2H3,(H,18,20). The minimum Gasteiger partial charge on any atom is -0.471 e. The number of rotatable bonds is 8. The summed E-state index contributed by atoms with van der Waals surface area (Å²) < 4.78 is 29.1. The largest absolute Gasteiger partial charge is 0.471 e. The average Bonchev–Trinajstić information content (AvgIpc) is 2.49. The first-order valence-corrected chi connectivity index (χ1v) is 6.77. The number of carbonyl (C=O) groups is 1. The van der Waals surface area contributed by atoms with Crippen molar-refractivity contribution in [3.63, 3.8) is 0 Å². The van der Waals surface area contributed by atoms with Crippen molar-refractivity contribution >= 4 is 5.91 Å². The molecule has 0 aromatic carbocycles. The summed E-state index contributed by atoms with van der Waals surface area (Å²) in [4.78, 5) is 15.8. The Balaban J connectivity index is 2.65. The van der Waals surface area contributed by atoms with Crippen molar-refractivity contribution in [1.29, 1.82) is 0 Å². The predicted octanol–water partition coefficient (Wildman–Crippen LogP) is 1.86. The van der Waals surface area contributed by atoms with Gasteiger partial charge in [0.2, 0.25) is 5.88 Å². The molecule has 118 valence electrons. The van der Waals surface area contributed by atoms with Crippen molar-refractivity contribution in [2.75, 3.05) is 13.2 Å². The molecule has 7 heteroatoms. The van der Waals surface area contributed by atoms with Crippen LogP contribution < -0.4 is 10.1 Å². The third-order valence-electron chi connectivity index (χ3n) is 3.13. The Hall–Kier alpha value is -1.76. The molecule has 0 aliphatic rings. The highest BCUT2D eigenvalue weighted by Crippen LogP contribution is 2.15. The van der Waals surface area contributed by atoms with E-state index < -0.39 is 25.0 Å². The van der Waals surface area contributed by atoms with E-state index in [1.165, 1.54) is 18.3 Å². The van der Waals surface area contributed by atoms with Crippen LogP contribution >= 0.6 is 0 Å². The van der Waals surface area contributed by atoms with Crippen LogP contribution in [0, 0.1) is 5.92 Å². The topological polar surface area (TPSA) is 71.5 Å². The SMILES string of the molecule is CCC(C)C(O)CNC(=O)c1cccnc1OCC(F)F. The zero-order valence-electron chi connectivity index (χ0n) is 12.1. The Morgan fingerprint density at radius 3 is 2.86 bits per heavy atom. The first-order valence-electron chi connectivity index (χ1n) is 6.77. The number of carbonyl (C=O) groups excluding carboxylic acids is 1. The monoisotopic (exact) mass is 302 g/mol. The van der Waals surface area contributed by atoms with Crippen LogP contribution in [-0.2, 0) is 0 Å². The lowest BCUT2D eigenvalue weighted by Crippen LogP contribution is -2.35. The summed E-state index contributed by atoms with van der Waals surface area (Å²) in [6.07, 6.45) is -1.17. The molecule has 0 saturated heterocycles. The van der Waals surface area contributed by atoms with Gasteiger partial charge in [0, 0.05) is 12.7 Å². The molecule has 0 fully saturated rings. The molecule has 1 aromatic rings. The number of nitrogens with zero attached hydrogens (tertiary/aromatic N) is 1. The van der Waals surface area contributed by atoms with E-state index in [1.54, 1.807) is 0 Å². The second-order valence-electron chi connectivity index (χ2n) is 4.72. The number of alkyl halides is 2. The van der Waals surface area contributed by atoms with Crippen LogP contribution in [0.2, 0.25) is 0 Å². The molecule has 2 atom stereocenters. The molecule has 21 heavy (non-hydrogen) atoms. The zero-order chi connectivity index (χ0) is 15.8. The normalized spacial score (nSPS) is 13.8. The van der Waals surface area contributed by atoms with Crippen LogP contribution in [0.25, 0.3) is 0 Å². The van der Waals surface area contributed by atoms with Crippen molar-refractivity contribution in [3.8, 4) is 5.88 Å². The van der Waals surface area contributed by atoms with Crippen LogP contribution in [0.15, 0.2) is 18.3 Å². The number of hydrogen-bond acceptors (Lipinski definition) is 4. The van der Waals surface area contributed by atoms with E-state index in [-0.39, 0.29) is 23.9 Å².